The second-order valence-corrected chi connectivity index (χ2v) is 9.76. The molecule has 0 bridgehead atoms. The molecule has 4 rings (SSSR count). The molecule has 1 aliphatic heterocycles. The third-order valence-electron chi connectivity index (χ3n) is 6.19. The summed E-state index contributed by atoms with van der Waals surface area (Å²) in [6.07, 6.45) is 0. The molecule has 1 aliphatic rings. The van der Waals surface area contributed by atoms with Gasteiger partial charge >= 0.3 is 5.63 Å². The molecule has 1 atom stereocenters. The smallest absolute Gasteiger partial charge is 0.344 e. The van der Waals surface area contributed by atoms with Crippen molar-refractivity contribution in [3.63, 3.8) is 0 Å². The molecule has 1 aromatic heterocycles. The predicted octanol–water partition coefficient (Wildman–Crippen LogP) is 5.74. The standard InChI is InChI=1S/C27H28N2O3/c1-14(2)18-12-7-15(3)20-23(18)32-26(30)22-21(19(13-28)25(29)31-24(20)22)16-8-10-17(11-9-16)27(4,5)6/h7-12,14,21H,29H2,1-6H3/t21-/m1/s1. The molecule has 0 fully saturated rings. The number of nitrogens with zero attached hydrogens (tertiary/aromatic N) is 1. The molecule has 0 amide bonds. The highest BCUT2D eigenvalue weighted by Gasteiger charge is 2.36. The second-order valence-electron chi connectivity index (χ2n) is 9.76. The van der Waals surface area contributed by atoms with Crippen LogP contribution < -0.4 is 16.1 Å². The van der Waals surface area contributed by atoms with Crippen molar-refractivity contribution < 1.29 is 9.15 Å². The molecule has 5 heteroatoms. The summed E-state index contributed by atoms with van der Waals surface area (Å²) in [5, 5.41) is 10.6. The summed E-state index contributed by atoms with van der Waals surface area (Å²) < 4.78 is 11.8. The summed E-state index contributed by atoms with van der Waals surface area (Å²) in [4.78, 5) is 13.3. The van der Waals surface area contributed by atoms with E-state index in [4.69, 9.17) is 14.9 Å². The van der Waals surface area contributed by atoms with Gasteiger partial charge in [-0.2, -0.15) is 5.26 Å². The van der Waals surface area contributed by atoms with Gasteiger partial charge in [-0.1, -0.05) is 71.0 Å². The lowest BCUT2D eigenvalue weighted by atomic mass is 9.81. The van der Waals surface area contributed by atoms with Gasteiger partial charge in [-0.05, 0) is 40.5 Å². The first-order chi connectivity index (χ1) is 15.0. The van der Waals surface area contributed by atoms with E-state index in [0.29, 0.717) is 16.9 Å². The first kappa shape index (κ1) is 21.7. The lowest BCUT2D eigenvalue weighted by Gasteiger charge is -2.27. The number of fused-ring (bicyclic) bond motifs is 3. The average molecular weight is 429 g/mol. The number of ether oxygens (including phenoxy) is 1. The zero-order valence-corrected chi connectivity index (χ0v) is 19.4. The zero-order valence-electron chi connectivity index (χ0n) is 19.4. The maximum absolute atomic E-state index is 13.3. The second kappa shape index (κ2) is 7.56. The van der Waals surface area contributed by atoms with E-state index in [9.17, 15) is 10.1 Å². The number of rotatable bonds is 2. The third kappa shape index (κ3) is 3.36. The number of allylic oxidation sites excluding steroid dienone is 1. The van der Waals surface area contributed by atoms with Crippen molar-refractivity contribution in [2.24, 2.45) is 5.73 Å². The topological polar surface area (TPSA) is 89.2 Å². The van der Waals surface area contributed by atoms with Gasteiger partial charge in [0.2, 0.25) is 5.88 Å². The minimum Gasteiger partial charge on any atom is -0.439 e. The van der Waals surface area contributed by atoms with E-state index >= 15 is 0 Å². The number of hydrogen-bond acceptors (Lipinski definition) is 5. The zero-order chi connectivity index (χ0) is 23.4. The average Bonchev–Trinajstić information content (AvgIpc) is 2.72. The Balaban J connectivity index is 2.04. The van der Waals surface area contributed by atoms with Crippen molar-refractivity contribution in [1.82, 2.24) is 0 Å². The molecule has 2 aromatic carbocycles. The molecule has 0 saturated carbocycles. The Hall–Kier alpha value is -3.52. The van der Waals surface area contributed by atoms with E-state index in [1.807, 2.05) is 57.2 Å². The van der Waals surface area contributed by atoms with Gasteiger partial charge in [0.05, 0.1) is 16.9 Å². The molecular weight excluding hydrogens is 400 g/mol. The maximum atomic E-state index is 13.3. The molecule has 3 aromatic rings. The molecule has 5 nitrogen and oxygen atoms in total. The molecule has 0 saturated heterocycles. The Morgan fingerprint density at radius 1 is 1.09 bits per heavy atom. The number of nitrogens with two attached hydrogens (primary N) is 1. The van der Waals surface area contributed by atoms with Crippen molar-refractivity contribution in [1.29, 1.82) is 5.26 Å². The van der Waals surface area contributed by atoms with Crippen LogP contribution in [0.4, 0.5) is 0 Å². The van der Waals surface area contributed by atoms with Crippen LogP contribution in [0.15, 0.2) is 57.1 Å². The van der Waals surface area contributed by atoms with Crippen LogP contribution in [-0.4, -0.2) is 0 Å². The fraction of sp³-hybridized carbons (Fsp3) is 0.333. The number of hydrogen-bond donors (Lipinski definition) is 1. The summed E-state index contributed by atoms with van der Waals surface area (Å²) >= 11 is 0. The van der Waals surface area contributed by atoms with Gasteiger partial charge in [0.1, 0.15) is 17.2 Å². The summed E-state index contributed by atoms with van der Waals surface area (Å²) in [6.45, 7) is 12.5. The summed E-state index contributed by atoms with van der Waals surface area (Å²) in [5.74, 6) is -0.0875. The van der Waals surface area contributed by atoms with Gasteiger partial charge in [0.25, 0.3) is 0 Å². The minimum atomic E-state index is -0.652. The highest BCUT2D eigenvalue weighted by Crippen LogP contribution is 2.45. The van der Waals surface area contributed by atoms with Crippen LogP contribution in [0, 0.1) is 18.3 Å². The first-order valence-electron chi connectivity index (χ1n) is 10.8. The van der Waals surface area contributed by atoms with Crippen LogP contribution in [0.3, 0.4) is 0 Å². The Labute approximate surface area is 188 Å². The van der Waals surface area contributed by atoms with Crippen LogP contribution in [-0.2, 0) is 5.41 Å². The number of aryl methyl sites for hydroxylation is 1. The first-order valence-corrected chi connectivity index (χ1v) is 10.8. The van der Waals surface area contributed by atoms with Gasteiger partial charge < -0.3 is 14.9 Å². The van der Waals surface area contributed by atoms with Crippen molar-refractivity contribution in [3.05, 3.63) is 86.1 Å². The largest absolute Gasteiger partial charge is 0.439 e. The normalized spacial score (nSPS) is 16.1. The van der Waals surface area contributed by atoms with E-state index in [1.54, 1.807) is 0 Å². The lowest BCUT2D eigenvalue weighted by molar-refractivity contribution is 0.387. The van der Waals surface area contributed by atoms with Gasteiger partial charge in [0.15, 0.2) is 5.75 Å². The maximum Gasteiger partial charge on any atom is 0.344 e. The molecule has 0 radical (unpaired) electrons. The van der Waals surface area contributed by atoms with Crippen LogP contribution in [0.2, 0.25) is 0 Å². The molecule has 0 spiro atoms. The van der Waals surface area contributed by atoms with Crippen LogP contribution in [0.5, 0.6) is 5.75 Å². The summed E-state index contributed by atoms with van der Waals surface area (Å²) in [7, 11) is 0. The molecule has 32 heavy (non-hydrogen) atoms. The Morgan fingerprint density at radius 2 is 1.75 bits per heavy atom. The SMILES string of the molecule is Cc1ccc(C(C)C)c2oc(=O)c3c(c12)OC(N)=C(C#N)[C@H]3c1ccc(C(C)(C)C)cc1. The van der Waals surface area contributed by atoms with Crippen LogP contribution in [0.25, 0.3) is 11.0 Å². The fourth-order valence-electron chi connectivity index (χ4n) is 4.35. The molecular formula is C27H28N2O3. The quantitative estimate of drug-likeness (QED) is 0.526. The third-order valence-corrected chi connectivity index (χ3v) is 6.19. The highest BCUT2D eigenvalue weighted by atomic mass is 16.5. The predicted molar refractivity (Wildman–Crippen MR) is 126 cm³/mol. The van der Waals surface area contributed by atoms with Crippen molar-refractivity contribution in [2.45, 2.75) is 58.8 Å². The van der Waals surface area contributed by atoms with E-state index < -0.39 is 11.5 Å². The molecule has 2 N–H and O–H groups in total. The van der Waals surface area contributed by atoms with Gasteiger partial charge in [0, 0.05) is 0 Å². The molecule has 0 unspecified atom stereocenters. The summed E-state index contributed by atoms with van der Waals surface area (Å²) in [6, 6.07) is 14.1. The molecule has 0 aliphatic carbocycles. The number of nitriles is 1. The van der Waals surface area contributed by atoms with Crippen molar-refractivity contribution in [3.8, 4) is 11.8 Å². The molecule has 2 heterocycles. The highest BCUT2D eigenvalue weighted by molar-refractivity contribution is 5.91. The van der Waals surface area contributed by atoms with E-state index in [-0.39, 0.29) is 22.8 Å². The van der Waals surface area contributed by atoms with Crippen molar-refractivity contribution >= 4 is 11.0 Å². The Kier molecular flexibility index (Phi) is 5.13. The van der Waals surface area contributed by atoms with Gasteiger partial charge in [-0.15, -0.1) is 0 Å². The summed E-state index contributed by atoms with van der Waals surface area (Å²) in [5.41, 5.74) is 10.5. The van der Waals surface area contributed by atoms with E-state index in [0.717, 1.165) is 27.6 Å². The number of benzene rings is 2. The minimum absolute atomic E-state index is 0.0153. The van der Waals surface area contributed by atoms with Gasteiger partial charge in [-0.3, -0.25) is 0 Å². The molecule has 164 valence electrons. The Morgan fingerprint density at radius 3 is 2.31 bits per heavy atom. The monoisotopic (exact) mass is 428 g/mol. The van der Waals surface area contributed by atoms with Crippen molar-refractivity contribution in [2.75, 3.05) is 0 Å². The fourth-order valence-corrected chi connectivity index (χ4v) is 4.35. The van der Waals surface area contributed by atoms with E-state index in [2.05, 4.69) is 26.8 Å². The van der Waals surface area contributed by atoms with Gasteiger partial charge in [-0.25, -0.2) is 4.79 Å². The lowest BCUT2D eigenvalue weighted by Crippen LogP contribution is -2.26. The van der Waals surface area contributed by atoms with Crippen LogP contribution >= 0.6 is 0 Å². The Bertz CT molecular complexity index is 1350. The van der Waals surface area contributed by atoms with E-state index in [1.165, 1.54) is 0 Å². The van der Waals surface area contributed by atoms with Crippen LogP contribution in [0.1, 0.15) is 74.3 Å².